The van der Waals surface area contributed by atoms with Crippen molar-refractivity contribution in [3.63, 3.8) is 0 Å². The number of ether oxygens (including phenoxy) is 2. The summed E-state index contributed by atoms with van der Waals surface area (Å²) in [6.07, 6.45) is 3.22. The molecule has 0 aromatic carbocycles. The number of methoxy groups -OCH3 is 1. The molecule has 4 heteroatoms. The fraction of sp³-hybridized carbons (Fsp3) is 1.00. The molecule has 2 unspecified atom stereocenters. The van der Waals surface area contributed by atoms with E-state index in [9.17, 15) is 0 Å². The van der Waals surface area contributed by atoms with Crippen LogP contribution in [0.25, 0.3) is 0 Å². The highest BCUT2D eigenvalue weighted by atomic mass is 16.5. The lowest BCUT2D eigenvalue weighted by Gasteiger charge is -2.34. The fourth-order valence-corrected chi connectivity index (χ4v) is 1.97. The topological polar surface area (TPSA) is 56.5 Å². The molecule has 0 spiro atoms. The number of hydrogen-bond acceptors (Lipinski definition) is 4. The second kappa shape index (κ2) is 5.96. The van der Waals surface area contributed by atoms with E-state index < -0.39 is 0 Å². The third-order valence-electron chi connectivity index (χ3n) is 3.50. The van der Waals surface area contributed by atoms with Crippen LogP contribution in [0.3, 0.4) is 0 Å². The minimum absolute atomic E-state index is 0.0104. The summed E-state index contributed by atoms with van der Waals surface area (Å²) in [5, 5.41) is 3.53. The highest BCUT2D eigenvalue weighted by Crippen LogP contribution is 2.25. The Kier molecular flexibility index (Phi) is 5.18. The summed E-state index contributed by atoms with van der Waals surface area (Å²) in [5.74, 6) is 0. The zero-order valence-corrected chi connectivity index (χ0v) is 10.8. The third kappa shape index (κ3) is 4.01. The Labute approximate surface area is 98.9 Å². The Bertz CT molecular complexity index is 205. The van der Waals surface area contributed by atoms with Crippen LogP contribution in [0.1, 0.15) is 33.1 Å². The number of nitrogens with one attached hydrogen (secondary N) is 1. The van der Waals surface area contributed by atoms with E-state index in [0.717, 1.165) is 39.0 Å². The van der Waals surface area contributed by atoms with E-state index in [0.29, 0.717) is 6.54 Å². The van der Waals surface area contributed by atoms with E-state index in [1.165, 1.54) is 0 Å². The van der Waals surface area contributed by atoms with E-state index in [1.807, 2.05) is 0 Å². The van der Waals surface area contributed by atoms with Gasteiger partial charge in [0.05, 0.1) is 5.60 Å². The molecule has 16 heavy (non-hydrogen) atoms. The molecule has 0 aliphatic carbocycles. The van der Waals surface area contributed by atoms with Gasteiger partial charge in [-0.3, -0.25) is 0 Å². The molecule has 0 radical (unpaired) electrons. The molecule has 1 heterocycles. The highest BCUT2D eigenvalue weighted by Gasteiger charge is 2.32. The highest BCUT2D eigenvalue weighted by molar-refractivity contribution is 4.90. The van der Waals surface area contributed by atoms with E-state index in [2.05, 4.69) is 19.2 Å². The molecule has 96 valence electrons. The molecule has 0 amide bonds. The summed E-state index contributed by atoms with van der Waals surface area (Å²) in [6.45, 7) is 7.41. The first kappa shape index (κ1) is 13.9. The van der Waals surface area contributed by atoms with Gasteiger partial charge in [-0.1, -0.05) is 0 Å². The monoisotopic (exact) mass is 230 g/mol. The minimum Gasteiger partial charge on any atom is -0.385 e. The van der Waals surface area contributed by atoms with Crippen molar-refractivity contribution in [2.24, 2.45) is 5.73 Å². The maximum absolute atomic E-state index is 5.82. The largest absolute Gasteiger partial charge is 0.385 e. The van der Waals surface area contributed by atoms with Gasteiger partial charge in [-0.2, -0.15) is 0 Å². The first-order chi connectivity index (χ1) is 7.54. The van der Waals surface area contributed by atoms with Crippen LogP contribution in [0.2, 0.25) is 0 Å². The average molecular weight is 230 g/mol. The summed E-state index contributed by atoms with van der Waals surface area (Å²) >= 11 is 0. The summed E-state index contributed by atoms with van der Waals surface area (Å²) in [4.78, 5) is 0. The van der Waals surface area contributed by atoms with Gasteiger partial charge >= 0.3 is 0 Å². The normalized spacial score (nSPS) is 29.2. The first-order valence-corrected chi connectivity index (χ1v) is 6.12. The number of nitrogens with two attached hydrogens (primary N) is 1. The van der Waals surface area contributed by atoms with Crippen LogP contribution < -0.4 is 11.1 Å². The molecule has 1 aliphatic rings. The SMILES string of the molecule is COCCC(C)(CN)NCC1(C)CCCO1. The zero-order chi connectivity index (χ0) is 12.1. The van der Waals surface area contributed by atoms with Crippen molar-refractivity contribution in [3.05, 3.63) is 0 Å². The maximum atomic E-state index is 5.82. The van der Waals surface area contributed by atoms with Gasteiger partial charge in [0.2, 0.25) is 0 Å². The Morgan fingerprint density at radius 2 is 2.31 bits per heavy atom. The van der Waals surface area contributed by atoms with Crippen molar-refractivity contribution in [3.8, 4) is 0 Å². The first-order valence-electron chi connectivity index (χ1n) is 6.12. The predicted octanol–water partition coefficient (Wildman–Crippen LogP) is 0.899. The molecular formula is C12H26N2O2. The van der Waals surface area contributed by atoms with Crippen molar-refractivity contribution >= 4 is 0 Å². The van der Waals surface area contributed by atoms with Gasteiger partial charge in [0, 0.05) is 39.0 Å². The van der Waals surface area contributed by atoms with Gasteiger partial charge in [-0.25, -0.2) is 0 Å². The molecule has 2 atom stereocenters. The Hall–Kier alpha value is -0.160. The van der Waals surface area contributed by atoms with Gasteiger partial charge in [0.15, 0.2) is 0 Å². The molecule has 0 bridgehead atoms. The van der Waals surface area contributed by atoms with Gasteiger partial charge in [0.1, 0.15) is 0 Å². The minimum atomic E-state index is -0.0506. The van der Waals surface area contributed by atoms with Crippen LogP contribution >= 0.6 is 0 Å². The lowest BCUT2D eigenvalue weighted by atomic mass is 9.95. The van der Waals surface area contributed by atoms with Crippen LogP contribution in [-0.4, -0.2) is 44.6 Å². The summed E-state index contributed by atoms with van der Waals surface area (Å²) in [5.41, 5.74) is 5.76. The molecule has 1 saturated heterocycles. The van der Waals surface area contributed by atoms with Crippen LogP contribution in [0, 0.1) is 0 Å². The quantitative estimate of drug-likeness (QED) is 0.682. The molecule has 1 rings (SSSR count). The average Bonchev–Trinajstić information content (AvgIpc) is 2.72. The van der Waals surface area contributed by atoms with Crippen molar-refractivity contribution < 1.29 is 9.47 Å². The Balaban J connectivity index is 2.37. The van der Waals surface area contributed by atoms with Gasteiger partial charge < -0.3 is 20.5 Å². The predicted molar refractivity (Wildman–Crippen MR) is 65.5 cm³/mol. The lowest BCUT2D eigenvalue weighted by molar-refractivity contribution is 0.0134. The molecule has 1 aliphatic heterocycles. The zero-order valence-electron chi connectivity index (χ0n) is 10.8. The molecule has 0 saturated carbocycles. The van der Waals surface area contributed by atoms with Gasteiger partial charge in [-0.15, -0.1) is 0 Å². The van der Waals surface area contributed by atoms with Crippen molar-refractivity contribution in [1.29, 1.82) is 0 Å². The lowest BCUT2D eigenvalue weighted by Crippen LogP contribution is -2.54. The summed E-state index contributed by atoms with van der Waals surface area (Å²) in [7, 11) is 1.72. The standard InChI is InChI=1S/C12H26N2O2/c1-11(9-13,6-8-15-3)14-10-12(2)5-4-7-16-12/h14H,4-10,13H2,1-3H3. The van der Waals surface area contributed by atoms with E-state index in [4.69, 9.17) is 15.2 Å². The van der Waals surface area contributed by atoms with Gasteiger partial charge in [0.25, 0.3) is 0 Å². The molecule has 4 nitrogen and oxygen atoms in total. The van der Waals surface area contributed by atoms with Crippen LogP contribution in [0.4, 0.5) is 0 Å². The third-order valence-corrected chi connectivity index (χ3v) is 3.50. The van der Waals surface area contributed by atoms with E-state index in [1.54, 1.807) is 7.11 Å². The number of rotatable bonds is 7. The summed E-state index contributed by atoms with van der Waals surface area (Å²) in [6, 6.07) is 0. The molecule has 1 fully saturated rings. The Morgan fingerprint density at radius 3 is 2.81 bits per heavy atom. The van der Waals surface area contributed by atoms with E-state index >= 15 is 0 Å². The van der Waals surface area contributed by atoms with Crippen molar-refractivity contribution in [1.82, 2.24) is 5.32 Å². The summed E-state index contributed by atoms with van der Waals surface area (Å²) < 4.78 is 10.9. The second-order valence-electron chi connectivity index (χ2n) is 5.26. The van der Waals surface area contributed by atoms with Gasteiger partial charge in [-0.05, 0) is 33.1 Å². The van der Waals surface area contributed by atoms with Crippen LogP contribution in [0.5, 0.6) is 0 Å². The Morgan fingerprint density at radius 1 is 1.56 bits per heavy atom. The van der Waals surface area contributed by atoms with Crippen LogP contribution in [-0.2, 0) is 9.47 Å². The van der Waals surface area contributed by atoms with E-state index in [-0.39, 0.29) is 11.1 Å². The van der Waals surface area contributed by atoms with Crippen molar-refractivity contribution in [2.75, 3.05) is 33.4 Å². The van der Waals surface area contributed by atoms with Crippen LogP contribution in [0.15, 0.2) is 0 Å². The molecule has 0 aromatic heterocycles. The fourth-order valence-electron chi connectivity index (χ4n) is 1.97. The maximum Gasteiger partial charge on any atom is 0.0779 e. The second-order valence-corrected chi connectivity index (χ2v) is 5.26. The smallest absolute Gasteiger partial charge is 0.0779 e. The van der Waals surface area contributed by atoms with Crippen molar-refractivity contribution in [2.45, 2.75) is 44.2 Å². The number of hydrogen-bond donors (Lipinski definition) is 2. The molecule has 3 N–H and O–H groups in total. The molecule has 0 aromatic rings. The molecular weight excluding hydrogens is 204 g/mol.